The summed E-state index contributed by atoms with van der Waals surface area (Å²) in [6.07, 6.45) is 0.996. The molecular formula is C12H19NO5S. The van der Waals surface area contributed by atoms with Crippen molar-refractivity contribution in [1.82, 2.24) is 5.32 Å². The summed E-state index contributed by atoms with van der Waals surface area (Å²) in [6.45, 7) is 1.92. The highest BCUT2D eigenvalue weighted by Crippen LogP contribution is 2.29. The Balaban J connectivity index is 2.77. The third-order valence-corrected chi connectivity index (χ3v) is 2.76. The highest BCUT2D eigenvalue weighted by atomic mass is 32.2. The Morgan fingerprint density at radius 1 is 1.21 bits per heavy atom. The van der Waals surface area contributed by atoms with E-state index in [0.29, 0.717) is 25.4 Å². The van der Waals surface area contributed by atoms with Gasteiger partial charge in [0, 0.05) is 20.2 Å². The molecule has 0 heterocycles. The summed E-state index contributed by atoms with van der Waals surface area (Å²) >= 11 is 0. The molecule has 0 aromatic heterocycles. The van der Waals surface area contributed by atoms with Crippen LogP contribution in [0.1, 0.15) is 5.56 Å². The molecule has 1 aromatic rings. The summed E-state index contributed by atoms with van der Waals surface area (Å²) in [7, 11) is -0.485. The third kappa shape index (κ3) is 5.91. The van der Waals surface area contributed by atoms with Gasteiger partial charge in [-0.25, -0.2) is 0 Å². The minimum atomic E-state index is -3.58. The molecule has 0 bridgehead atoms. The van der Waals surface area contributed by atoms with Gasteiger partial charge in [-0.2, -0.15) is 8.42 Å². The molecule has 0 unspecified atom stereocenters. The maximum Gasteiger partial charge on any atom is 0.306 e. The molecule has 0 saturated carbocycles. The van der Waals surface area contributed by atoms with Crippen molar-refractivity contribution in [3.05, 3.63) is 23.8 Å². The van der Waals surface area contributed by atoms with Gasteiger partial charge in [0.05, 0.1) is 20.0 Å². The molecule has 0 fully saturated rings. The van der Waals surface area contributed by atoms with Crippen LogP contribution in [-0.2, 0) is 21.4 Å². The summed E-state index contributed by atoms with van der Waals surface area (Å²) in [5.74, 6) is 0.571. The van der Waals surface area contributed by atoms with Crippen molar-refractivity contribution < 1.29 is 22.1 Å². The van der Waals surface area contributed by atoms with Crippen molar-refractivity contribution in [3.63, 3.8) is 0 Å². The SMILES string of the molecule is COCCNCc1ccc(OC)c(OS(C)(=O)=O)c1. The summed E-state index contributed by atoms with van der Waals surface area (Å²) in [4.78, 5) is 0. The van der Waals surface area contributed by atoms with E-state index >= 15 is 0 Å². The smallest absolute Gasteiger partial charge is 0.306 e. The lowest BCUT2D eigenvalue weighted by atomic mass is 10.2. The number of benzene rings is 1. The van der Waals surface area contributed by atoms with Crippen LogP contribution in [0.25, 0.3) is 0 Å². The van der Waals surface area contributed by atoms with Crippen molar-refractivity contribution in [1.29, 1.82) is 0 Å². The number of rotatable bonds is 8. The predicted molar refractivity (Wildman–Crippen MR) is 72.0 cm³/mol. The second-order valence-electron chi connectivity index (χ2n) is 3.94. The van der Waals surface area contributed by atoms with Gasteiger partial charge in [0.2, 0.25) is 0 Å². The summed E-state index contributed by atoms with van der Waals surface area (Å²) in [5, 5.41) is 3.16. The fourth-order valence-electron chi connectivity index (χ4n) is 1.47. The van der Waals surface area contributed by atoms with Gasteiger partial charge in [0.1, 0.15) is 0 Å². The Morgan fingerprint density at radius 2 is 1.95 bits per heavy atom. The van der Waals surface area contributed by atoms with E-state index in [9.17, 15) is 8.42 Å². The van der Waals surface area contributed by atoms with Crippen molar-refractivity contribution in [3.8, 4) is 11.5 Å². The van der Waals surface area contributed by atoms with Crippen molar-refractivity contribution in [2.24, 2.45) is 0 Å². The monoisotopic (exact) mass is 289 g/mol. The second kappa shape index (κ2) is 7.32. The fraction of sp³-hybridized carbons (Fsp3) is 0.500. The first-order chi connectivity index (χ1) is 8.96. The fourth-order valence-corrected chi connectivity index (χ4v) is 1.92. The van der Waals surface area contributed by atoms with Crippen LogP contribution in [0.5, 0.6) is 11.5 Å². The van der Waals surface area contributed by atoms with Gasteiger partial charge in [0.25, 0.3) is 0 Å². The second-order valence-corrected chi connectivity index (χ2v) is 5.52. The Bertz CT molecular complexity index is 501. The molecular weight excluding hydrogens is 270 g/mol. The van der Waals surface area contributed by atoms with Gasteiger partial charge in [-0.1, -0.05) is 6.07 Å². The van der Waals surface area contributed by atoms with E-state index in [1.165, 1.54) is 7.11 Å². The number of hydrogen-bond acceptors (Lipinski definition) is 6. The first kappa shape index (κ1) is 15.7. The highest BCUT2D eigenvalue weighted by molar-refractivity contribution is 7.86. The van der Waals surface area contributed by atoms with Crippen LogP contribution in [0, 0.1) is 0 Å². The molecule has 19 heavy (non-hydrogen) atoms. The van der Waals surface area contributed by atoms with Gasteiger partial charge in [-0.3, -0.25) is 0 Å². The molecule has 0 atom stereocenters. The number of ether oxygens (including phenoxy) is 2. The lowest BCUT2D eigenvalue weighted by Crippen LogP contribution is -2.18. The van der Waals surface area contributed by atoms with Crippen LogP contribution in [0.2, 0.25) is 0 Å². The quantitative estimate of drug-likeness (QED) is 0.563. The zero-order chi connectivity index (χ0) is 14.3. The van der Waals surface area contributed by atoms with Crippen LogP contribution in [-0.4, -0.2) is 42.0 Å². The zero-order valence-corrected chi connectivity index (χ0v) is 12.1. The Morgan fingerprint density at radius 3 is 2.53 bits per heavy atom. The number of nitrogens with one attached hydrogen (secondary N) is 1. The van der Waals surface area contributed by atoms with E-state index in [-0.39, 0.29) is 5.75 Å². The predicted octanol–water partition coefficient (Wildman–Crippen LogP) is 0.770. The molecule has 0 saturated heterocycles. The Hall–Kier alpha value is -1.31. The molecule has 7 heteroatoms. The van der Waals surface area contributed by atoms with Crippen LogP contribution in [0.3, 0.4) is 0 Å². The molecule has 1 N–H and O–H groups in total. The first-order valence-corrected chi connectivity index (χ1v) is 7.54. The van der Waals surface area contributed by atoms with Gasteiger partial charge >= 0.3 is 10.1 Å². The van der Waals surface area contributed by atoms with Gasteiger partial charge in [-0.15, -0.1) is 0 Å². The minimum Gasteiger partial charge on any atom is -0.493 e. The van der Waals surface area contributed by atoms with Gasteiger partial charge in [-0.05, 0) is 17.7 Å². The molecule has 0 aliphatic heterocycles. The van der Waals surface area contributed by atoms with Crippen molar-refractivity contribution in [2.45, 2.75) is 6.54 Å². The van der Waals surface area contributed by atoms with E-state index < -0.39 is 10.1 Å². The van der Waals surface area contributed by atoms with E-state index in [1.54, 1.807) is 19.2 Å². The molecule has 108 valence electrons. The van der Waals surface area contributed by atoms with Crippen LogP contribution in [0.4, 0.5) is 0 Å². The van der Waals surface area contributed by atoms with Crippen molar-refractivity contribution >= 4 is 10.1 Å². The molecule has 0 radical (unpaired) electrons. The van der Waals surface area contributed by atoms with Gasteiger partial charge < -0.3 is 19.0 Å². The number of methoxy groups -OCH3 is 2. The van der Waals surface area contributed by atoms with Crippen LogP contribution < -0.4 is 14.2 Å². The van der Waals surface area contributed by atoms with E-state index in [4.69, 9.17) is 13.7 Å². The zero-order valence-electron chi connectivity index (χ0n) is 11.3. The molecule has 0 spiro atoms. The lowest BCUT2D eigenvalue weighted by molar-refractivity contribution is 0.199. The Kier molecular flexibility index (Phi) is 6.07. The standard InChI is InChI=1S/C12H19NO5S/c1-16-7-6-13-9-10-4-5-11(17-2)12(8-10)18-19(3,14)15/h4-5,8,13H,6-7,9H2,1-3H3. The Labute approximate surface area is 113 Å². The average Bonchev–Trinajstić information content (AvgIpc) is 2.33. The van der Waals surface area contributed by atoms with E-state index in [1.807, 2.05) is 6.07 Å². The molecule has 0 aliphatic carbocycles. The molecule has 1 aromatic carbocycles. The summed E-state index contributed by atoms with van der Waals surface area (Å²) in [5.41, 5.74) is 0.899. The topological polar surface area (TPSA) is 73.9 Å². The molecule has 0 aliphatic rings. The first-order valence-electron chi connectivity index (χ1n) is 5.72. The molecule has 1 rings (SSSR count). The van der Waals surface area contributed by atoms with E-state index in [2.05, 4.69) is 5.32 Å². The minimum absolute atomic E-state index is 0.191. The van der Waals surface area contributed by atoms with Crippen molar-refractivity contribution in [2.75, 3.05) is 33.6 Å². The maximum atomic E-state index is 11.2. The normalized spacial score (nSPS) is 11.3. The average molecular weight is 289 g/mol. The lowest BCUT2D eigenvalue weighted by Gasteiger charge is -2.11. The maximum absolute atomic E-state index is 11.2. The van der Waals surface area contributed by atoms with Crippen LogP contribution in [0.15, 0.2) is 18.2 Å². The number of hydrogen-bond donors (Lipinski definition) is 1. The summed E-state index contributed by atoms with van der Waals surface area (Å²) in [6, 6.07) is 5.15. The van der Waals surface area contributed by atoms with Gasteiger partial charge in [0.15, 0.2) is 11.5 Å². The summed E-state index contributed by atoms with van der Waals surface area (Å²) < 4.78 is 37.2. The van der Waals surface area contributed by atoms with Crippen LogP contribution >= 0.6 is 0 Å². The largest absolute Gasteiger partial charge is 0.493 e. The molecule has 0 amide bonds. The molecule has 6 nitrogen and oxygen atoms in total. The highest BCUT2D eigenvalue weighted by Gasteiger charge is 2.11. The van der Waals surface area contributed by atoms with E-state index in [0.717, 1.165) is 11.8 Å². The third-order valence-electron chi connectivity index (χ3n) is 2.28.